The van der Waals surface area contributed by atoms with Gasteiger partial charge in [-0.3, -0.25) is 19.4 Å². The smallest absolute Gasteiger partial charge is 0.331 e. The van der Waals surface area contributed by atoms with Gasteiger partial charge >= 0.3 is 6.03 Å². The molecule has 2 aliphatic heterocycles. The second kappa shape index (κ2) is 8.33. The molecule has 0 aliphatic carbocycles. The maximum atomic E-state index is 12.9. The molecule has 2 aromatic heterocycles. The molecule has 2 aromatic rings. The van der Waals surface area contributed by atoms with Crippen molar-refractivity contribution in [1.82, 2.24) is 19.8 Å². The highest BCUT2D eigenvalue weighted by Crippen LogP contribution is 2.22. The summed E-state index contributed by atoms with van der Waals surface area (Å²) >= 11 is 0. The summed E-state index contributed by atoms with van der Waals surface area (Å²) in [5.74, 6) is 0.565. The Balaban J connectivity index is 1.38. The topological polar surface area (TPSA) is 90.0 Å². The van der Waals surface area contributed by atoms with Crippen LogP contribution < -0.4 is 9.80 Å². The number of carbonyl (C=O) groups is 3. The summed E-state index contributed by atoms with van der Waals surface area (Å²) in [7, 11) is 0. The lowest BCUT2D eigenvalue weighted by Gasteiger charge is -2.36. The Kier molecular flexibility index (Phi) is 5.58. The quantitative estimate of drug-likeness (QED) is 0.750. The number of rotatable bonds is 3. The second-order valence-electron chi connectivity index (χ2n) is 7.94. The van der Waals surface area contributed by atoms with Crippen molar-refractivity contribution >= 4 is 29.4 Å². The summed E-state index contributed by atoms with van der Waals surface area (Å²) in [5, 5.41) is 0. The van der Waals surface area contributed by atoms with E-state index in [0.29, 0.717) is 50.6 Å². The zero-order valence-electron chi connectivity index (χ0n) is 18.0. The molecule has 2 fully saturated rings. The molecule has 31 heavy (non-hydrogen) atoms. The van der Waals surface area contributed by atoms with Crippen molar-refractivity contribution in [3.05, 3.63) is 47.4 Å². The molecule has 0 aromatic carbocycles. The van der Waals surface area contributed by atoms with Crippen LogP contribution in [0.1, 0.15) is 28.5 Å². The van der Waals surface area contributed by atoms with E-state index in [1.54, 1.807) is 17.0 Å². The molecule has 4 rings (SSSR count). The van der Waals surface area contributed by atoms with E-state index >= 15 is 0 Å². The average Bonchev–Trinajstić information content (AvgIpc) is 3.15. The third kappa shape index (κ3) is 4.08. The van der Waals surface area contributed by atoms with Gasteiger partial charge in [-0.25, -0.2) is 14.8 Å². The summed E-state index contributed by atoms with van der Waals surface area (Å²) in [4.78, 5) is 52.2. The number of hydrogen-bond acceptors (Lipinski definition) is 6. The van der Waals surface area contributed by atoms with E-state index in [-0.39, 0.29) is 17.8 Å². The fourth-order valence-corrected chi connectivity index (χ4v) is 4.06. The van der Waals surface area contributed by atoms with Crippen LogP contribution in [0, 0.1) is 13.8 Å². The number of aromatic nitrogens is 2. The van der Waals surface area contributed by atoms with E-state index in [0.717, 1.165) is 16.9 Å². The number of hydrogen-bond donors (Lipinski definition) is 0. The van der Waals surface area contributed by atoms with Crippen molar-refractivity contribution in [3.8, 4) is 0 Å². The lowest BCUT2D eigenvalue weighted by atomic mass is 10.2. The monoisotopic (exact) mass is 422 g/mol. The Morgan fingerprint density at radius 3 is 2.26 bits per heavy atom. The number of nitrogens with zero attached hydrogens (tertiary/aromatic N) is 6. The fourth-order valence-electron chi connectivity index (χ4n) is 4.06. The van der Waals surface area contributed by atoms with E-state index < -0.39 is 0 Å². The van der Waals surface area contributed by atoms with E-state index in [4.69, 9.17) is 0 Å². The average molecular weight is 422 g/mol. The number of carbonyl (C=O) groups excluding carboxylic acids is 3. The first-order valence-electron chi connectivity index (χ1n) is 10.4. The van der Waals surface area contributed by atoms with Crippen molar-refractivity contribution in [3.63, 3.8) is 0 Å². The Hall–Kier alpha value is -3.49. The largest absolute Gasteiger partial charge is 0.353 e. The van der Waals surface area contributed by atoms with Gasteiger partial charge in [0.15, 0.2) is 0 Å². The van der Waals surface area contributed by atoms with E-state index in [1.165, 1.54) is 22.9 Å². The van der Waals surface area contributed by atoms with Crippen LogP contribution in [0.2, 0.25) is 0 Å². The van der Waals surface area contributed by atoms with Gasteiger partial charge in [-0.1, -0.05) is 6.07 Å². The predicted molar refractivity (Wildman–Crippen MR) is 116 cm³/mol. The predicted octanol–water partition coefficient (Wildman–Crippen LogP) is 1.84. The summed E-state index contributed by atoms with van der Waals surface area (Å²) in [5.41, 5.74) is 3.19. The lowest BCUT2D eigenvalue weighted by molar-refractivity contribution is -0.125. The molecule has 0 spiro atoms. The van der Waals surface area contributed by atoms with Gasteiger partial charge in [-0.05, 0) is 37.1 Å². The van der Waals surface area contributed by atoms with E-state index in [2.05, 4.69) is 27.9 Å². The Bertz CT molecular complexity index is 1010. The lowest BCUT2D eigenvalue weighted by Crippen LogP contribution is -2.49. The van der Waals surface area contributed by atoms with Crippen LogP contribution in [-0.2, 0) is 4.79 Å². The van der Waals surface area contributed by atoms with Gasteiger partial charge in [-0.15, -0.1) is 0 Å². The molecule has 0 unspecified atom stereocenters. The summed E-state index contributed by atoms with van der Waals surface area (Å²) in [6, 6.07) is 5.10. The van der Waals surface area contributed by atoms with Gasteiger partial charge in [0, 0.05) is 52.4 Å². The van der Waals surface area contributed by atoms with Crippen molar-refractivity contribution in [2.24, 2.45) is 0 Å². The van der Waals surface area contributed by atoms with Crippen LogP contribution in [0.3, 0.4) is 0 Å². The zero-order chi connectivity index (χ0) is 22.1. The Labute approximate surface area is 181 Å². The van der Waals surface area contributed by atoms with Gasteiger partial charge in [-0.2, -0.15) is 0 Å². The minimum absolute atomic E-state index is 0.127. The van der Waals surface area contributed by atoms with Crippen LogP contribution in [0.25, 0.3) is 0 Å². The Morgan fingerprint density at radius 2 is 1.68 bits per heavy atom. The highest BCUT2D eigenvalue weighted by Gasteiger charge is 2.32. The van der Waals surface area contributed by atoms with Crippen LogP contribution >= 0.6 is 0 Å². The minimum Gasteiger partial charge on any atom is -0.353 e. The van der Waals surface area contributed by atoms with Gasteiger partial charge in [0.05, 0.1) is 11.9 Å². The molecule has 0 radical (unpaired) electrons. The van der Waals surface area contributed by atoms with Crippen LogP contribution in [0.15, 0.2) is 30.6 Å². The van der Waals surface area contributed by atoms with Crippen LogP contribution in [0.4, 0.5) is 16.3 Å². The van der Waals surface area contributed by atoms with Gasteiger partial charge < -0.3 is 9.80 Å². The zero-order valence-corrected chi connectivity index (χ0v) is 18.0. The number of amides is 4. The molecular weight excluding hydrogens is 396 g/mol. The number of pyridine rings is 2. The highest BCUT2D eigenvalue weighted by atomic mass is 16.2. The third-order valence-electron chi connectivity index (χ3n) is 5.72. The molecule has 0 bridgehead atoms. The maximum absolute atomic E-state index is 12.9. The van der Waals surface area contributed by atoms with Gasteiger partial charge in [0.25, 0.3) is 5.91 Å². The number of imide groups is 1. The number of urea groups is 1. The normalized spacial score (nSPS) is 16.8. The van der Waals surface area contributed by atoms with Gasteiger partial charge in [0.2, 0.25) is 5.91 Å². The molecule has 4 heterocycles. The molecule has 4 amide bonds. The minimum atomic E-state index is -0.357. The van der Waals surface area contributed by atoms with Gasteiger partial charge in [0.1, 0.15) is 11.5 Å². The van der Waals surface area contributed by atoms with Crippen molar-refractivity contribution in [2.75, 3.05) is 49.1 Å². The summed E-state index contributed by atoms with van der Waals surface area (Å²) in [6.07, 6.45) is 3.39. The molecule has 2 saturated heterocycles. The fraction of sp³-hybridized carbons (Fsp3) is 0.409. The first-order valence-corrected chi connectivity index (χ1v) is 10.4. The van der Waals surface area contributed by atoms with Crippen LogP contribution in [0.5, 0.6) is 0 Å². The van der Waals surface area contributed by atoms with E-state index in [9.17, 15) is 14.4 Å². The first kappa shape index (κ1) is 20.8. The SMILES string of the molecule is CC(=O)N1CCN(c2ccc(C(=O)N3CCN(c4ncc(C)cc4C)CC3)nc2)C1=O. The highest BCUT2D eigenvalue weighted by molar-refractivity contribution is 6.04. The number of piperazine rings is 1. The molecule has 9 nitrogen and oxygen atoms in total. The molecule has 0 atom stereocenters. The molecular formula is C22H26N6O3. The van der Waals surface area contributed by atoms with Crippen molar-refractivity contribution in [1.29, 1.82) is 0 Å². The molecule has 9 heteroatoms. The van der Waals surface area contributed by atoms with Crippen molar-refractivity contribution < 1.29 is 14.4 Å². The number of aryl methyl sites for hydroxylation is 2. The maximum Gasteiger partial charge on any atom is 0.331 e. The molecule has 2 aliphatic rings. The third-order valence-corrected chi connectivity index (χ3v) is 5.72. The first-order chi connectivity index (χ1) is 14.8. The van der Waals surface area contributed by atoms with Crippen molar-refractivity contribution in [2.45, 2.75) is 20.8 Å². The number of anilines is 2. The molecule has 0 N–H and O–H groups in total. The second-order valence-corrected chi connectivity index (χ2v) is 7.94. The standard InChI is InChI=1S/C22H26N6O3/c1-15-12-16(2)20(24-13-15)25-6-8-26(9-7-25)21(30)19-5-4-18(14-23-19)28-11-10-27(17(3)29)22(28)31/h4-5,12-14H,6-11H2,1-3H3. The molecule has 162 valence electrons. The summed E-state index contributed by atoms with van der Waals surface area (Å²) in [6.45, 7) is 8.84. The molecule has 0 saturated carbocycles. The Morgan fingerprint density at radius 1 is 0.935 bits per heavy atom. The van der Waals surface area contributed by atoms with Crippen LogP contribution in [-0.4, -0.2) is 76.9 Å². The van der Waals surface area contributed by atoms with E-state index in [1.807, 2.05) is 13.1 Å². The summed E-state index contributed by atoms with van der Waals surface area (Å²) < 4.78 is 0.